The van der Waals surface area contributed by atoms with E-state index in [0.29, 0.717) is 37.8 Å². The number of aryl methyl sites for hydroxylation is 1. The van der Waals surface area contributed by atoms with Gasteiger partial charge in [-0.05, 0) is 44.6 Å². The summed E-state index contributed by atoms with van der Waals surface area (Å²) in [6, 6.07) is 1.67. The summed E-state index contributed by atoms with van der Waals surface area (Å²) in [5.74, 6) is 0.346. The first-order chi connectivity index (χ1) is 12.3. The highest BCUT2D eigenvalue weighted by Gasteiger charge is 2.31. The lowest BCUT2D eigenvalue weighted by atomic mass is 9.91. The molecule has 2 aliphatic heterocycles. The molecule has 0 bridgehead atoms. The lowest BCUT2D eigenvalue weighted by molar-refractivity contribution is 0.0671. The Morgan fingerprint density at radius 2 is 1.77 bits per heavy atom. The Bertz CT molecular complexity index is 742. The zero-order valence-electron chi connectivity index (χ0n) is 15.7. The molecule has 2 aliphatic rings. The van der Waals surface area contributed by atoms with Gasteiger partial charge in [0.1, 0.15) is 10.6 Å². The second kappa shape index (κ2) is 7.70. The van der Waals surface area contributed by atoms with E-state index in [-0.39, 0.29) is 16.8 Å². The number of rotatable bonds is 4. The van der Waals surface area contributed by atoms with Crippen molar-refractivity contribution < 1.29 is 13.2 Å². The standard InChI is InChI=1S/C18H30N4O3S/c1-14(19)15-6-10-21(11-7-15)18(23)17-12-16(13-20(17)2)26(24,25)22-8-4-3-5-9-22/h12-15H,3-11,19H2,1-2H3. The highest BCUT2D eigenvalue weighted by Crippen LogP contribution is 2.25. The van der Waals surface area contributed by atoms with Crippen LogP contribution >= 0.6 is 0 Å². The maximum Gasteiger partial charge on any atom is 0.270 e. The highest BCUT2D eigenvalue weighted by molar-refractivity contribution is 7.89. The zero-order chi connectivity index (χ0) is 18.9. The maximum absolute atomic E-state index is 12.9. The van der Waals surface area contributed by atoms with Gasteiger partial charge < -0.3 is 15.2 Å². The average molecular weight is 383 g/mol. The summed E-state index contributed by atoms with van der Waals surface area (Å²) in [7, 11) is -1.79. The predicted molar refractivity (Wildman–Crippen MR) is 100 cm³/mol. The molecule has 0 aromatic carbocycles. The molecule has 1 aromatic heterocycles. The van der Waals surface area contributed by atoms with E-state index in [9.17, 15) is 13.2 Å². The molecule has 1 amide bonds. The minimum atomic E-state index is -3.52. The third kappa shape index (κ3) is 3.82. The van der Waals surface area contributed by atoms with Crippen molar-refractivity contribution in [1.29, 1.82) is 0 Å². The van der Waals surface area contributed by atoms with Gasteiger partial charge in [0.05, 0.1) is 0 Å². The second-order valence-electron chi connectivity index (χ2n) is 7.63. The first kappa shape index (κ1) is 19.4. The van der Waals surface area contributed by atoms with Crippen LogP contribution in [0, 0.1) is 5.92 Å². The third-order valence-corrected chi connectivity index (χ3v) is 7.59. The van der Waals surface area contributed by atoms with Crippen LogP contribution in [-0.4, -0.2) is 60.3 Å². The molecule has 1 aromatic rings. The summed E-state index contributed by atoms with van der Waals surface area (Å²) >= 11 is 0. The third-order valence-electron chi connectivity index (χ3n) is 5.72. The molecule has 0 aliphatic carbocycles. The lowest BCUT2D eigenvalue weighted by Crippen LogP contribution is -2.43. The number of sulfonamides is 1. The zero-order valence-corrected chi connectivity index (χ0v) is 16.5. The molecule has 2 fully saturated rings. The van der Waals surface area contributed by atoms with E-state index in [1.165, 1.54) is 10.4 Å². The highest BCUT2D eigenvalue weighted by atomic mass is 32.2. The van der Waals surface area contributed by atoms with Gasteiger partial charge in [0, 0.05) is 45.5 Å². The van der Waals surface area contributed by atoms with Crippen LogP contribution < -0.4 is 5.73 Å². The first-order valence-corrected chi connectivity index (χ1v) is 11.0. The van der Waals surface area contributed by atoms with E-state index >= 15 is 0 Å². The molecule has 2 saturated heterocycles. The molecule has 146 valence electrons. The molecule has 3 rings (SSSR count). The van der Waals surface area contributed by atoms with Crippen LogP contribution in [0.2, 0.25) is 0 Å². The van der Waals surface area contributed by atoms with Gasteiger partial charge in [0.15, 0.2) is 0 Å². The van der Waals surface area contributed by atoms with Crippen molar-refractivity contribution >= 4 is 15.9 Å². The van der Waals surface area contributed by atoms with Crippen LogP contribution in [0.4, 0.5) is 0 Å². The predicted octanol–water partition coefficient (Wildman–Crippen LogP) is 1.40. The molecule has 1 atom stereocenters. The van der Waals surface area contributed by atoms with E-state index in [2.05, 4.69) is 0 Å². The fourth-order valence-corrected chi connectivity index (χ4v) is 5.52. The Morgan fingerprint density at radius 3 is 2.35 bits per heavy atom. The van der Waals surface area contributed by atoms with Crippen molar-refractivity contribution in [2.24, 2.45) is 18.7 Å². The normalized spacial score (nSPS) is 21.7. The Labute approximate surface area is 156 Å². The molecule has 8 heteroatoms. The van der Waals surface area contributed by atoms with Gasteiger partial charge in [0.2, 0.25) is 10.0 Å². The van der Waals surface area contributed by atoms with Gasteiger partial charge in [-0.3, -0.25) is 4.79 Å². The van der Waals surface area contributed by atoms with E-state index in [4.69, 9.17) is 5.73 Å². The molecule has 2 N–H and O–H groups in total. The van der Waals surface area contributed by atoms with Crippen molar-refractivity contribution in [3.8, 4) is 0 Å². The minimum Gasteiger partial charge on any atom is -0.345 e. The molecule has 7 nitrogen and oxygen atoms in total. The SMILES string of the molecule is CC(N)C1CCN(C(=O)c2cc(S(=O)(=O)N3CCCCC3)cn2C)CC1. The van der Waals surface area contributed by atoms with Crippen molar-refractivity contribution in [2.75, 3.05) is 26.2 Å². The van der Waals surface area contributed by atoms with Gasteiger partial charge >= 0.3 is 0 Å². The second-order valence-corrected chi connectivity index (χ2v) is 9.56. The number of nitrogens with two attached hydrogens (primary N) is 1. The van der Waals surface area contributed by atoms with Crippen LogP contribution in [0.25, 0.3) is 0 Å². The number of likely N-dealkylation sites (tertiary alicyclic amines) is 1. The number of carbonyl (C=O) groups is 1. The Hall–Kier alpha value is -1.38. The number of piperidine rings is 2. The number of carbonyl (C=O) groups excluding carboxylic acids is 1. The molecule has 0 spiro atoms. The van der Waals surface area contributed by atoms with Crippen LogP contribution in [0.3, 0.4) is 0 Å². The number of amides is 1. The summed E-state index contributed by atoms with van der Waals surface area (Å²) < 4.78 is 28.9. The smallest absolute Gasteiger partial charge is 0.270 e. The van der Waals surface area contributed by atoms with Crippen molar-refractivity contribution in [3.63, 3.8) is 0 Å². The minimum absolute atomic E-state index is 0.101. The van der Waals surface area contributed by atoms with Gasteiger partial charge in [-0.1, -0.05) is 6.42 Å². The largest absolute Gasteiger partial charge is 0.345 e. The maximum atomic E-state index is 12.9. The summed E-state index contributed by atoms with van der Waals surface area (Å²) in [6.07, 6.45) is 6.21. The monoisotopic (exact) mass is 382 g/mol. The van der Waals surface area contributed by atoms with E-state index in [0.717, 1.165) is 32.1 Å². The Balaban J connectivity index is 1.75. The quantitative estimate of drug-likeness (QED) is 0.852. The number of hydrogen-bond donors (Lipinski definition) is 1. The van der Waals surface area contributed by atoms with Gasteiger partial charge in [-0.2, -0.15) is 4.31 Å². The van der Waals surface area contributed by atoms with Crippen LogP contribution in [-0.2, 0) is 17.1 Å². The summed E-state index contributed by atoms with van der Waals surface area (Å²) in [5, 5.41) is 0. The van der Waals surface area contributed by atoms with E-state index < -0.39 is 10.0 Å². The fourth-order valence-electron chi connectivity index (χ4n) is 3.93. The molecule has 3 heterocycles. The first-order valence-electron chi connectivity index (χ1n) is 9.52. The number of hydrogen-bond acceptors (Lipinski definition) is 4. The summed E-state index contributed by atoms with van der Waals surface area (Å²) in [5.41, 5.74) is 6.40. The molecule has 0 saturated carbocycles. The van der Waals surface area contributed by atoms with Crippen molar-refractivity contribution in [2.45, 2.75) is 50.0 Å². The Morgan fingerprint density at radius 1 is 1.15 bits per heavy atom. The van der Waals surface area contributed by atoms with Crippen LogP contribution in [0.1, 0.15) is 49.5 Å². The number of aromatic nitrogens is 1. The van der Waals surface area contributed by atoms with E-state index in [1.54, 1.807) is 17.8 Å². The molecule has 0 radical (unpaired) electrons. The van der Waals surface area contributed by atoms with Crippen LogP contribution in [0.15, 0.2) is 17.2 Å². The molecular weight excluding hydrogens is 352 g/mol. The Kier molecular flexibility index (Phi) is 5.74. The topological polar surface area (TPSA) is 88.6 Å². The molecule has 1 unspecified atom stereocenters. The number of nitrogens with zero attached hydrogens (tertiary/aromatic N) is 3. The fraction of sp³-hybridized carbons (Fsp3) is 0.722. The van der Waals surface area contributed by atoms with Gasteiger partial charge in [-0.25, -0.2) is 8.42 Å². The van der Waals surface area contributed by atoms with Crippen molar-refractivity contribution in [1.82, 2.24) is 13.8 Å². The molecular formula is C18H30N4O3S. The van der Waals surface area contributed by atoms with Gasteiger partial charge in [-0.15, -0.1) is 0 Å². The van der Waals surface area contributed by atoms with Crippen molar-refractivity contribution in [3.05, 3.63) is 18.0 Å². The molecule has 26 heavy (non-hydrogen) atoms. The summed E-state index contributed by atoms with van der Waals surface area (Å²) in [6.45, 7) is 4.47. The van der Waals surface area contributed by atoms with Gasteiger partial charge in [0.25, 0.3) is 5.91 Å². The van der Waals surface area contributed by atoms with Crippen LogP contribution in [0.5, 0.6) is 0 Å². The average Bonchev–Trinajstić information content (AvgIpc) is 3.04. The summed E-state index contributed by atoms with van der Waals surface area (Å²) in [4.78, 5) is 14.9. The van der Waals surface area contributed by atoms with E-state index in [1.807, 2.05) is 11.8 Å². The lowest BCUT2D eigenvalue weighted by Gasteiger charge is -2.33.